The third-order valence-corrected chi connectivity index (χ3v) is 5.61. The first-order valence-corrected chi connectivity index (χ1v) is 10.4. The summed E-state index contributed by atoms with van der Waals surface area (Å²) in [7, 11) is -3.07. The molecule has 1 rings (SSSR count). The van der Waals surface area contributed by atoms with E-state index in [4.69, 9.17) is 0 Å². The second-order valence-corrected chi connectivity index (χ2v) is 8.11. The second kappa shape index (κ2) is 10.0. The molecule has 4 nitrogen and oxygen atoms in total. The van der Waals surface area contributed by atoms with Crippen molar-refractivity contribution in [1.82, 2.24) is 10.0 Å². The molecular weight excluding hydrogens is 280 g/mol. The molecule has 1 aliphatic rings. The first-order chi connectivity index (χ1) is 9.14. The molecule has 2 N–H and O–H groups in total. The lowest BCUT2D eigenvalue weighted by Gasteiger charge is -2.23. The summed E-state index contributed by atoms with van der Waals surface area (Å²) in [6.45, 7) is 1.63. The highest BCUT2D eigenvalue weighted by molar-refractivity contribution is 7.98. The minimum atomic E-state index is -3.07. The van der Waals surface area contributed by atoms with Crippen LogP contribution in [0.25, 0.3) is 0 Å². The Hall–Kier alpha value is 0.220. The molecule has 1 unspecified atom stereocenters. The topological polar surface area (TPSA) is 58.2 Å². The summed E-state index contributed by atoms with van der Waals surface area (Å²) in [5.74, 6) is 1.43. The minimum absolute atomic E-state index is 0.259. The zero-order valence-electron chi connectivity index (χ0n) is 12.0. The zero-order chi connectivity index (χ0) is 14.0. The van der Waals surface area contributed by atoms with Gasteiger partial charge in [-0.25, -0.2) is 13.1 Å². The number of piperidine rings is 1. The Kier molecular flexibility index (Phi) is 9.11. The van der Waals surface area contributed by atoms with Crippen molar-refractivity contribution in [2.75, 3.05) is 30.9 Å². The van der Waals surface area contributed by atoms with Gasteiger partial charge in [0.05, 0.1) is 5.75 Å². The van der Waals surface area contributed by atoms with E-state index in [1.807, 2.05) is 11.8 Å². The molecule has 0 aromatic heterocycles. The summed E-state index contributed by atoms with van der Waals surface area (Å²) in [6, 6.07) is 0.395. The Morgan fingerprint density at radius 3 is 2.79 bits per heavy atom. The summed E-state index contributed by atoms with van der Waals surface area (Å²) >= 11 is 1.84. The lowest BCUT2D eigenvalue weighted by Crippen LogP contribution is -2.37. The molecule has 0 aromatic carbocycles. The van der Waals surface area contributed by atoms with Gasteiger partial charge < -0.3 is 5.32 Å². The van der Waals surface area contributed by atoms with E-state index in [0.29, 0.717) is 12.6 Å². The maximum Gasteiger partial charge on any atom is 0.211 e. The summed E-state index contributed by atoms with van der Waals surface area (Å²) in [4.78, 5) is 0. The van der Waals surface area contributed by atoms with Gasteiger partial charge in [-0.05, 0) is 50.7 Å². The van der Waals surface area contributed by atoms with Crippen molar-refractivity contribution in [3.63, 3.8) is 0 Å². The van der Waals surface area contributed by atoms with Gasteiger partial charge in [0.15, 0.2) is 0 Å². The van der Waals surface area contributed by atoms with E-state index in [1.54, 1.807) is 0 Å². The molecule has 0 amide bonds. The van der Waals surface area contributed by atoms with Crippen LogP contribution in [0.5, 0.6) is 0 Å². The van der Waals surface area contributed by atoms with Crippen molar-refractivity contribution in [1.29, 1.82) is 0 Å². The monoisotopic (exact) mass is 308 g/mol. The van der Waals surface area contributed by atoms with Crippen LogP contribution in [0.4, 0.5) is 0 Å². The third-order valence-electron chi connectivity index (χ3n) is 3.49. The van der Waals surface area contributed by atoms with Crippen molar-refractivity contribution in [3.8, 4) is 0 Å². The fourth-order valence-corrected chi connectivity index (χ4v) is 4.00. The molecule has 1 atom stereocenters. The van der Waals surface area contributed by atoms with Crippen LogP contribution >= 0.6 is 11.8 Å². The molecule has 0 aliphatic carbocycles. The van der Waals surface area contributed by atoms with Crippen LogP contribution in [-0.4, -0.2) is 45.3 Å². The largest absolute Gasteiger partial charge is 0.314 e. The molecule has 0 aromatic rings. The summed E-state index contributed by atoms with van der Waals surface area (Å²) in [5, 5.41) is 3.39. The molecule has 6 heteroatoms. The van der Waals surface area contributed by atoms with Crippen LogP contribution < -0.4 is 10.0 Å². The number of hydrogen-bond acceptors (Lipinski definition) is 4. The zero-order valence-corrected chi connectivity index (χ0v) is 13.6. The SMILES string of the molecule is CSCCCCCNS(=O)(=O)CCC1CCCCN1. The van der Waals surface area contributed by atoms with Crippen molar-refractivity contribution in [2.24, 2.45) is 0 Å². The number of thioether (sulfide) groups is 1. The predicted molar refractivity (Wildman–Crippen MR) is 84.3 cm³/mol. The number of hydrogen-bond donors (Lipinski definition) is 2. The molecule has 1 heterocycles. The van der Waals surface area contributed by atoms with E-state index < -0.39 is 10.0 Å². The maximum atomic E-state index is 11.8. The van der Waals surface area contributed by atoms with Crippen molar-refractivity contribution in [2.45, 2.75) is 51.0 Å². The highest BCUT2D eigenvalue weighted by Crippen LogP contribution is 2.10. The maximum absolute atomic E-state index is 11.8. The standard InChI is InChI=1S/C13H28N2O2S2/c1-18-11-6-2-4-10-15-19(16,17)12-8-13-7-3-5-9-14-13/h13-15H,2-12H2,1H3. The second-order valence-electron chi connectivity index (χ2n) is 5.20. The van der Waals surface area contributed by atoms with E-state index in [0.717, 1.165) is 32.2 Å². The van der Waals surface area contributed by atoms with Crippen LogP contribution in [0.1, 0.15) is 44.9 Å². The quantitative estimate of drug-likeness (QED) is 0.606. The molecular formula is C13H28N2O2S2. The van der Waals surface area contributed by atoms with Gasteiger partial charge in [-0.1, -0.05) is 12.8 Å². The molecule has 114 valence electrons. The molecule has 19 heavy (non-hydrogen) atoms. The predicted octanol–water partition coefficient (Wildman–Crippen LogP) is 1.97. The molecule has 1 fully saturated rings. The Bertz CT molecular complexity index is 315. The van der Waals surface area contributed by atoms with Gasteiger partial charge in [0.25, 0.3) is 0 Å². The van der Waals surface area contributed by atoms with Crippen molar-refractivity contribution in [3.05, 3.63) is 0 Å². The Balaban J connectivity index is 2.06. The van der Waals surface area contributed by atoms with Gasteiger partial charge in [0.1, 0.15) is 0 Å². The van der Waals surface area contributed by atoms with Crippen LogP contribution in [0.15, 0.2) is 0 Å². The van der Waals surface area contributed by atoms with Crippen LogP contribution in [0, 0.1) is 0 Å². The molecule has 0 spiro atoms. The van der Waals surface area contributed by atoms with Gasteiger partial charge in [0, 0.05) is 12.6 Å². The lowest BCUT2D eigenvalue weighted by molar-refractivity contribution is 0.392. The Morgan fingerprint density at radius 1 is 1.26 bits per heavy atom. The van der Waals surface area contributed by atoms with E-state index in [2.05, 4.69) is 16.3 Å². The fraction of sp³-hybridized carbons (Fsp3) is 1.00. The van der Waals surface area contributed by atoms with Crippen LogP contribution in [-0.2, 0) is 10.0 Å². The lowest BCUT2D eigenvalue weighted by atomic mass is 10.0. The highest BCUT2D eigenvalue weighted by Gasteiger charge is 2.16. The molecule has 1 saturated heterocycles. The summed E-state index contributed by atoms with van der Waals surface area (Å²) in [5.41, 5.74) is 0. The van der Waals surface area contributed by atoms with E-state index in [1.165, 1.54) is 25.0 Å². The van der Waals surface area contributed by atoms with Gasteiger partial charge in [-0.3, -0.25) is 0 Å². The molecule has 0 bridgehead atoms. The molecule has 0 saturated carbocycles. The number of nitrogens with one attached hydrogen (secondary N) is 2. The highest BCUT2D eigenvalue weighted by atomic mass is 32.2. The van der Waals surface area contributed by atoms with Crippen LogP contribution in [0.3, 0.4) is 0 Å². The fourth-order valence-electron chi connectivity index (χ4n) is 2.32. The van der Waals surface area contributed by atoms with Crippen LogP contribution in [0.2, 0.25) is 0 Å². The first-order valence-electron chi connectivity index (χ1n) is 7.34. The Labute approximate surface area is 122 Å². The molecule has 0 radical (unpaired) electrons. The van der Waals surface area contributed by atoms with Gasteiger partial charge in [-0.2, -0.15) is 11.8 Å². The number of unbranched alkanes of at least 4 members (excludes halogenated alkanes) is 2. The summed E-state index contributed by atoms with van der Waals surface area (Å²) < 4.78 is 26.4. The van der Waals surface area contributed by atoms with Crippen molar-refractivity contribution >= 4 is 21.8 Å². The first kappa shape index (κ1) is 17.3. The van der Waals surface area contributed by atoms with Gasteiger partial charge in [-0.15, -0.1) is 0 Å². The van der Waals surface area contributed by atoms with Crippen molar-refractivity contribution < 1.29 is 8.42 Å². The van der Waals surface area contributed by atoms with E-state index >= 15 is 0 Å². The smallest absolute Gasteiger partial charge is 0.211 e. The third kappa shape index (κ3) is 8.89. The average Bonchev–Trinajstić information content (AvgIpc) is 2.42. The molecule has 1 aliphatic heterocycles. The number of rotatable bonds is 10. The van der Waals surface area contributed by atoms with Gasteiger partial charge in [0.2, 0.25) is 10.0 Å². The van der Waals surface area contributed by atoms with E-state index in [-0.39, 0.29) is 5.75 Å². The summed E-state index contributed by atoms with van der Waals surface area (Å²) in [6.07, 6.45) is 9.62. The number of sulfonamides is 1. The minimum Gasteiger partial charge on any atom is -0.314 e. The Morgan fingerprint density at radius 2 is 2.11 bits per heavy atom. The van der Waals surface area contributed by atoms with E-state index in [9.17, 15) is 8.42 Å². The normalized spacial score (nSPS) is 20.6. The average molecular weight is 309 g/mol. The van der Waals surface area contributed by atoms with Gasteiger partial charge >= 0.3 is 0 Å².